The molecule has 0 N–H and O–H groups in total. The predicted molar refractivity (Wildman–Crippen MR) is 87.4 cm³/mol. The predicted octanol–water partition coefficient (Wildman–Crippen LogP) is 6.68. The minimum absolute atomic E-state index is 0.992. The average Bonchev–Trinajstić information content (AvgIpc) is 2.86. The maximum absolute atomic E-state index is 3.77. The fourth-order valence-electron chi connectivity index (χ4n) is 3.42. The number of allylic oxidation sites excluding steroid dienone is 3. The molecular weight excluding hydrogens is 228 g/mol. The Labute approximate surface area is 121 Å². The van der Waals surface area contributed by atoms with Gasteiger partial charge in [-0.05, 0) is 37.5 Å². The summed E-state index contributed by atoms with van der Waals surface area (Å²) in [5.74, 6) is 2.02. The molecule has 0 heterocycles. The molecule has 1 aliphatic carbocycles. The number of hydrogen-bond acceptors (Lipinski definition) is 0. The first-order valence-corrected chi connectivity index (χ1v) is 8.64. The second-order valence-electron chi connectivity index (χ2n) is 6.23. The van der Waals surface area contributed by atoms with E-state index < -0.39 is 0 Å². The summed E-state index contributed by atoms with van der Waals surface area (Å²) in [7, 11) is 0. The summed E-state index contributed by atoms with van der Waals surface area (Å²) in [6, 6.07) is 0. The van der Waals surface area contributed by atoms with Gasteiger partial charge in [0.25, 0.3) is 0 Å². The van der Waals surface area contributed by atoms with Crippen molar-refractivity contribution in [3.05, 3.63) is 24.8 Å². The van der Waals surface area contributed by atoms with E-state index in [9.17, 15) is 0 Å². The van der Waals surface area contributed by atoms with Crippen molar-refractivity contribution in [2.75, 3.05) is 0 Å². The first-order valence-electron chi connectivity index (χ1n) is 8.64. The molecule has 1 saturated carbocycles. The van der Waals surface area contributed by atoms with Crippen LogP contribution in [0.1, 0.15) is 84.0 Å². The molecule has 0 bridgehead atoms. The summed E-state index contributed by atoms with van der Waals surface area (Å²) in [5.41, 5.74) is 0. The fourth-order valence-corrected chi connectivity index (χ4v) is 3.42. The second kappa shape index (κ2) is 11.3. The quantitative estimate of drug-likeness (QED) is 0.288. The summed E-state index contributed by atoms with van der Waals surface area (Å²) in [4.78, 5) is 0. The summed E-state index contributed by atoms with van der Waals surface area (Å²) < 4.78 is 0. The van der Waals surface area contributed by atoms with Crippen LogP contribution < -0.4 is 0 Å². The van der Waals surface area contributed by atoms with E-state index in [2.05, 4.69) is 25.7 Å². The van der Waals surface area contributed by atoms with E-state index in [1.807, 2.05) is 6.08 Å². The highest BCUT2D eigenvalue weighted by Crippen LogP contribution is 2.37. The Kier molecular flexibility index (Phi) is 9.85. The van der Waals surface area contributed by atoms with Crippen molar-refractivity contribution in [2.24, 2.45) is 11.8 Å². The van der Waals surface area contributed by atoms with Gasteiger partial charge in [-0.3, -0.25) is 0 Å². The van der Waals surface area contributed by atoms with Crippen molar-refractivity contribution < 1.29 is 0 Å². The van der Waals surface area contributed by atoms with Crippen LogP contribution in [0, 0.1) is 11.8 Å². The first-order chi connectivity index (χ1) is 9.38. The topological polar surface area (TPSA) is 0 Å². The van der Waals surface area contributed by atoms with E-state index >= 15 is 0 Å². The Balaban J connectivity index is 2.11. The molecule has 0 amide bonds. The highest BCUT2D eigenvalue weighted by molar-refractivity contribution is 4.89. The Hall–Kier alpha value is -0.520. The summed E-state index contributed by atoms with van der Waals surface area (Å²) in [5, 5.41) is 0. The molecule has 0 radical (unpaired) electrons. The lowest BCUT2D eigenvalue weighted by molar-refractivity contribution is 0.353. The molecule has 0 unspecified atom stereocenters. The smallest absolute Gasteiger partial charge is 0.0316 e. The minimum Gasteiger partial charge on any atom is -0.103 e. The van der Waals surface area contributed by atoms with Crippen LogP contribution in [-0.4, -0.2) is 0 Å². The zero-order valence-corrected chi connectivity index (χ0v) is 13.1. The van der Waals surface area contributed by atoms with Crippen LogP contribution in [0.25, 0.3) is 0 Å². The molecule has 0 aliphatic heterocycles. The van der Waals surface area contributed by atoms with Gasteiger partial charge in [0.15, 0.2) is 0 Å². The molecule has 0 heteroatoms. The molecular formula is C19H34. The van der Waals surface area contributed by atoms with Crippen LogP contribution in [0.5, 0.6) is 0 Å². The van der Waals surface area contributed by atoms with E-state index in [1.165, 1.54) is 70.6 Å². The number of rotatable bonds is 11. The second-order valence-corrected chi connectivity index (χ2v) is 6.23. The van der Waals surface area contributed by atoms with Crippen molar-refractivity contribution in [3.63, 3.8) is 0 Å². The molecule has 0 aromatic carbocycles. The maximum atomic E-state index is 3.77. The SMILES string of the molecule is C=CCCC=CC[C@H]1CCC[C@@H]1CCCCCCC. The minimum atomic E-state index is 0.992. The van der Waals surface area contributed by atoms with Crippen LogP contribution in [0.3, 0.4) is 0 Å². The largest absolute Gasteiger partial charge is 0.103 e. The van der Waals surface area contributed by atoms with E-state index in [4.69, 9.17) is 0 Å². The Morgan fingerprint density at radius 3 is 2.53 bits per heavy atom. The number of hydrogen-bond donors (Lipinski definition) is 0. The lowest BCUT2D eigenvalue weighted by Crippen LogP contribution is -2.07. The lowest BCUT2D eigenvalue weighted by atomic mass is 9.88. The van der Waals surface area contributed by atoms with Crippen molar-refractivity contribution >= 4 is 0 Å². The van der Waals surface area contributed by atoms with Crippen LogP contribution in [0.2, 0.25) is 0 Å². The third-order valence-corrected chi connectivity index (χ3v) is 4.64. The van der Waals surface area contributed by atoms with E-state index in [-0.39, 0.29) is 0 Å². The molecule has 0 aromatic rings. The van der Waals surface area contributed by atoms with Crippen molar-refractivity contribution in [1.29, 1.82) is 0 Å². The van der Waals surface area contributed by atoms with Crippen LogP contribution >= 0.6 is 0 Å². The van der Waals surface area contributed by atoms with Crippen molar-refractivity contribution in [1.82, 2.24) is 0 Å². The van der Waals surface area contributed by atoms with Crippen molar-refractivity contribution in [2.45, 2.75) is 84.0 Å². The van der Waals surface area contributed by atoms with Gasteiger partial charge in [-0.15, -0.1) is 6.58 Å². The van der Waals surface area contributed by atoms with Gasteiger partial charge in [0, 0.05) is 0 Å². The highest BCUT2D eigenvalue weighted by Gasteiger charge is 2.25. The van der Waals surface area contributed by atoms with E-state index in [0.717, 1.165) is 18.3 Å². The maximum Gasteiger partial charge on any atom is -0.0316 e. The van der Waals surface area contributed by atoms with E-state index in [1.54, 1.807) is 0 Å². The summed E-state index contributed by atoms with van der Waals surface area (Å²) in [6.45, 7) is 6.07. The average molecular weight is 262 g/mol. The fraction of sp³-hybridized carbons (Fsp3) is 0.789. The molecule has 0 spiro atoms. The van der Waals surface area contributed by atoms with Crippen LogP contribution in [-0.2, 0) is 0 Å². The molecule has 2 atom stereocenters. The Bertz CT molecular complexity index is 238. The number of unbranched alkanes of at least 4 members (excludes halogenated alkanes) is 5. The lowest BCUT2D eigenvalue weighted by Gasteiger charge is -2.18. The zero-order chi connectivity index (χ0) is 13.8. The van der Waals surface area contributed by atoms with Crippen molar-refractivity contribution in [3.8, 4) is 0 Å². The van der Waals surface area contributed by atoms with Gasteiger partial charge in [-0.1, -0.05) is 76.5 Å². The van der Waals surface area contributed by atoms with Crippen LogP contribution in [0.4, 0.5) is 0 Å². The molecule has 110 valence electrons. The third kappa shape index (κ3) is 7.60. The standard InChI is InChI=1S/C19H34/c1-3-5-7-9-11-14-18-16-13-17-19(18)15-12-10-8-6-4-2/h3,9,11,18-19H,1,4-8,10,12-17H2,2H3/t18-,19-/m0/s1. The van der Waals surface area contributed by atoms with Gasteiger partial charge in [0.1, 0.15) is 0 Å². The molecule has 19 heavy (non-hydrogen) atoms. The first kappa shape index (κ1) is 16.5. The third-order valence-electron chi connectivity index (χ3n) is 4.64. The molecule has 1 rings (SSSR count). The Morgan fingerprint density at radius 2 is 1.74 bits per heavy atom. The zero-order valence-electron chi connectivity index (χ0n) is 13.1. The van der Waals surface area contributed by atoms with Gasteiger partial charge < -0.3 is 0 Å². The van der Waals surface area contributed by atoms with Gasteiger partial charge in [-0.2, -0.15) is 0 Å². The van der Waals surface area contributed by atoms with Crippen LogP contribution in [0.15, 0.2) is 24.8 Å². The molecule has 1 aliphatic rings. The molecule has 0 aromatic heterocycles. The molecule has 0 nitrogen and oxygen atoms in total. The molecule has 0 saturated heterocycles. The van der Waals surface area contributed by atoms with Gasteiger partial charge in [-0.25, -0.2) is 0 Å². The monoisotopic (exact) mass is 262 g/mol. The van der Waals surface area contributed by atoms with E-state index in [0.29, 0.717) is 0 Å². The normalized spacial score (nSPS) is 23.2. The molecule has 1 fully saturated rings. The van der Waals surface area contributed by atoms with Gasteiger partial charge in [0.2, 0.25) is 0 Å². The highest BCUT2D eigenvalue weighted by atomic mass is 14.3. The summed E-state index contributed by atoms with van der Waals surface area (Å²) >= 11 is 0. The van der Waals surface area contributed by atoms with Gasteiger partial charge >= 0.3 is 0 Å². The Morgan fingerprint density at radius 1 is 0.947 bits per heavy atom. The summed E-state index contributed by atoms with van der Waals surface area (Å²) in [6.07, 6.45) is 23.6. The van der Waals surface area contributed by atoms with Gasteiger partial charge in [0.05, 0.1) is 0 Å².